The number of aryl methyl sites for hydroxylation is 1. The first kappa shape index (κ1) is 10.6. The Bertz CT molecular complexity index is 335. The summed E-state index contributed by atoms with van der Waals surface area (Å²) in [6.07, 6.45) is 4.33. The van der Waals surface area contributed by atoms with Gasteiger partial charge in [-0.1, -0.05) is 13.0 Å². The van der Waals surface area contributed by atoms with Crippen molar-refractivity contribution in [2.24, 2.45) is 11.8 Å². The van der Waals surface area contributed by atoms with Crippen LogP contribution >= 0.6 is 0 Å². The average Bonchev–Trinajstić information content (AvgIpc) is 2.94. The van der Waals surface area contributed by atoms with Gasteiger partial charge in [-0.15, -0.1) is 0 Å². The van der Waals surface area contributed by atoms with E-state index in [1.807, 2.05) is 12.3 Å². The van der Waals surface area contributed by atoms with E-state index in [0.29, 0.717) is 6.04 Å². The quantitative estimate of drug-likeness (QED) is 0.813. The number of hydrogen-bond acceptors (Lipinski definition) is 2. The number of likely N-dealkylation sites (N-methyl/N-ethyl adjacent to an activating group) is 1. The molecule has 1 aliphatic carbocycles. The van der Waals surface area contributed by atoms with Crippen LogP contribution in [0.5, 0.6) is 0 Å². The van der Waals surface area contributed by atoms with E-state index in [9.17, 15) is 0 Å². The fourth-order valence-electron chi connectivity index (χ4n) is 2.32. The number of rotatable bonds is 4. The first-order valence-corrected chi connectivity index (χ1v) is 5.80. The molecule has 1 heterocycles. The van der Waals surface area contributed by atoms with Crippen LogP contribution in [-0.2, 0) is 6.42 Å². The molecule has 0 bridgehead atoms. The molecule has 1 aromatic heterocycles. The molecule has 0 aromatic carbocycles. The van der Waals surface area contributed by atoms with Crippen LogP contribution in [0.4, 0.5) is 0 Å². The third kappa shape index (κ3) is 2.37. The molecule has 2 rings (SSSR count). The molecule has 2 heteroatoms. The summed E-state index contributed by atoms with van der Waals surface area (Å²) in [6.45, 7) is 4.48. The highest BCUT2D eigenvalue weighted by atomic mass is 14.9. The zero-order valence-electron chi connectivity index (χ0n) is 9.83. The summed E-state index contributed by atoms with van der Waals surface area (Å²) in [4.78, 5) is 4.46. The van der Waals surface area contributed by atoms with Crippen LogP contribution in [0.1, 0.15) is 24.6 Å². The van der Waals surface area contributed by atoms with E-state index in [1.165, 1.54) is 17.7 Å². The van der Waals surface area contributed by atoms with Gasteiger partial charge in [-0.25, -0.2) is 0 Å². The summed E-state index contributed by atoms with van der Waals surface area (Å²) >= 11 is 0. The Labute approximate surface area is 92.1 Å². The van der Waals surface area contributed by atoms with Gasteiger partial charge in [-0.2, -0.15) is 0 Å². The summed E-state index contributed by atoms with van der Waals surface area (Å²) in [7, 11) is 2.06. The van der Waals surface area contributed by atoms with Crippen molar-refractivity contribution in [2.45, 2.75) is 32.7 Å². The molecule has 3 atom stereocenters. The molecule has 1 aliphatic rings. The van der Waals surface area contributed by atoms with Crippen molar-refractivity contribution in [3.63, 3.8) is 0 Å². The second-order valence-electron chi connectivity index (χ2n) is 4.74. The van der Waals surface area contributed by atoms with Crippen molar-refractivity contribution >= 4 is 0 Å². The molecule has 1 aromatic rings. The highest BCUT2D eigenvalue weighted by Gasteiger charge is 2.38. The van der Waals surface area contributed by atoms with Crippen molar-refractivity contribution < 1.29 is 0 Å². The predicted octanol–water partition coefficient (Wildman–Crippen LogP) is 2.18. The third-order valence-electron chi connectivity index (χ3n) is 3.59. The van der Waals surface area contributed by atoms with E-state index in [-0.39, 0.29) is 0 Å². The molecule has 82 valence electrons. The van der Waals surface area contributed by atoms with Crippen molar-refractivity contribution in [3.05, 3.63) is 29.6 Å². The van der Waals surface area contributed by atoms with Gasteiger partial charge in [0.2, 0.25) is 0 Å². The van der Waals surface area contributed by atoms with Crippen molar-refractivity contribution in [2.75, 3.05) is 7.05 Å². The zero-order chi connectivity index (χ0) is 10.8. The lowest BCUT2D eigenvalue weighted by atomic mass is 10.0. The highest BCUT2D eigenvalue weighted by molar-refractivity contribution is 5.19. The molecule has 1 saturated carbocycles. The lowest BCUT2D eigenvalue weighted by Gasteiger charge is -2.16. The van der Waals surface area contributed by atoms with Crippen LogP contribution < -0.4 is 5.32 Å². The minimum Gasteiger partial charge on any atom is -0.316 e. The van der Waals surface area contributed by atoms with Crippen LogP contribution in [0, 0.1) is 18.8 Å². The minimum atomic E-state index is 0.605. The Hall–Kier alpha value is -0.890. The van der Waals surface area contributed by atoms with Crippen LogP contribution in [0.3, 0.4) is 0 Å². The standard InChI is InChI=1S/C13H20N2/c1-9-5-4-6-15-12(9)8-13(14-3)11-7-10(11)2/h4-6,10-11,13-14H,7-8H2,1-3H3. The first-order valence-electron chi connectivity index (χ1n) is 5.80. The molecule has 0 amide bonds. The van der Waals surface area contributed by atoms with E-state index >= 15 is 0 Å². The lowest BCUT2D eigenvalue weighted by Crippen LogP contribution is -2.31. The van der Waals surface area contributed by atoms with Gasteiger partial charge >= 0.3 is 0 Å². The van der Waals surface area contributed by atoms with Gasteiger partial charge < -0.3 is 5.32 Å². The number of pyridine rings is 1. The maximum Gasteiger partial charge on any atom is 0.0448 e. The molecule has 3 unspecified atom stereocenters. The molecule has 0 radical (unpaired) electrons. The molecular weight excluding hydrogens is 184 g/mol. The van der Waals surface area contributed by atoms with Crippen LogP contribution in [0.15, 0.2) is 18.3 Å². The van der Waals surface area contributed by atoms with Gasteiger partial charge in [0.15, 0.2) is 0 Å². The van der Waals surface area contributed by atoms with E-state index in [4.69, 9.17) is 0 Å². The average molecular weight is 204 g/mol. The van der Waals surface area contributed by atoms with E-state index in [0.717, 1.165) is 18.3 Å². The second kappa shape index (κ2) is 4.31. The van der Waals surface area contributed by atoms with Crippen LogP contribution in [0.25, 0.3) is 0 Å². The fourth-order valence-corrected chi connectivity index (χ4v) is 2.32. The Morgan fingerprint density at radius 1 is 1.60 bits per heavy atom. The molecule has 0 spiro atoms. The molecule has 0 aliphatic heterocycles. The molecule has 2 nitrogen and oxygen atoms in total. The molecule has 0 saturated heterocycles. The van der Waals surface area contributed by atoms with Gasteiger partial charge in [0.05, 0.1) is 0 Å². The summed E-state index contributed by atoms with van der Waals surface area (Å²) < 4.78 is 0. The highest BCUT2D eigenvalue weighted by Crippen LogP contribution is 2.41. The largest absolute Gasteiger partial charge is 0.316 e. The number of hydrogen-bond donors (Lipinski definition) is 1. The molecular formula is C13H20N2. The third-order valence-corrected chi connectivity index (χ3v) is 3.59. The summed E-state index contributed by atoms with van der Waals surface area (Å²) in [5, 5.41) is 3.43. The monoisotopic (exact) mass is 204 g/mol. The molecule has 1 N–H and O–H groups in total. The van der Waals surface area contributed by atoms with E-state index in [2.05, 4.69) is 37.3 Å². The lowest BCUT2D eigenvalue weighted by molar-refractivity contribution is 0.474. The SMILES string of the molecule is CNC(Cc1ncccc1C)C1CC1C. The Kier molecular flexibility index (Phi) is 3.06. The van der Waals surface area contributed by atoms with Gasteiger partial charge in [-0.05, 0) is 43.9 Å². The van der Waals surface area contributed by atoms with E-state index in [1.54, 1.807) is 0 Å². The topological polar surface area (TPSA) is 24.9 Å². The smallest absolute Gasteiger partial charge is 0.0448 e. The molecule has 15 heavy (non-hydrogen) atoms. The van der Waals surface area contributed by atoms with Gasteiger partial charge in [-0.3, -0.25) is 4.98 Å². The first-order chi connectivity index (χ1) is 7.22. The normalized spacial score (nSPS) is 26.3. The predicted molar refractivity (Wildman–Crippen MR) is 62.8 cm³/mol. The maximum absolute atomic E-state index is 4.46. The van der Waals surface area contributed by atoms with Gasteiger partial charge in [0, 0.05) is 24.4 Å². The van der Waals surface area contributed by atoms with Gasteiger partial charge in [0.25, 0.3) is 0 Å². The fraction of sp³-hybridized carbons (Fsp3) is 0.615. The summed E-state index contributed by atoms with van der Waals surface area (Å²) in [5.74, 6) is 1.75. The van der Waals surface area contributed by atoms with Crippen LogP contribution in [-0.4, -0.2) is 18.1 Å². The minimum absolute atomic E-state index is 0.605. The van der Waals surface area contributed by atoms with E-state index < -0.39 is 0 Å². The van der Waals surface area contributed by atoms with Crippen molar-refractivity contribution in [1.82, 2.24) is 10.3 Å². The number of nitrogens with zero attached hydrogens (tertiary/aromatic N) is 1. The summed E-state index contributed by atoms with van der Waals surface area (Å²) in [5.41, 5.74) is 2.56. The maximum atomic E-state index is 4.46. The number of aromatic nitrogens is 1. The Morgan fingerprint density at radius 2 is 2.33 bits per heavy atom. The van der Waals surface area contributed by atoms with Crippen LogP contribution in [0.2, 0.25) is 0 Å². The number of nitrogens with one attached hydrogen (secondary N) is 1. The van der Waals surface area contributed by atoms with Crippen molar-refractivity contribution in [1.29, 1.82) is 0 Å². The zero-order valence-corrected chi connectivity index (χ0v) is 9.83. The second-order valence-corrected chi connectivity index (χ2v) is 4.74. The Balaban J connectivity index is 2.03. The summed E-state index contributed by atoms with van der Waals surface area (Å²) in [6, 6.07) is 4.76. The van der Waals surface area contributed by atoms with Gasteiger partial charge in [0.1, 0.15) is 0 Å². The molecule has 1 fully saturated rings. The Morgan fingerprint density at radius 3 is 2.87 bits per heavy atom. The van der Waals surface area contributed by atoms with Crippen molar-refractivity contribution in [3.8, 4) is 0 Å².